The van der Waals surface area contributed by atoms with Crippen molar-refractivity contribution in [1.82, 2.24) is 14.7 Å². The summed E-state index contributed by atoms with van der Waals surface area (Å²) in [5, 5.41) is 9.33. The van der Waals surface area contributed by atoms with Gasteiger partial charge in [-0.2, -0.15) is 0 Å². The second kappa shape index (κ2) is 7.34. The number of aromatic nitrogens is 2. The Balaban J connectivity index is 1.39. The predicted molar refractivity (Wildman–Crippen MR) is 108 cm³/mol. The molecule has 1 aromatic carbocycles. The van der Waals surface area contributed by atoms with Gasteiger partial charge in [0.1, 0.15) is 6.04 Å². The van der Waals surface area contributed by atoms with Gasteiger partial charge >= 0.3 is 0 Å². The number of carbonyl (C=O) groups is 2. The van der Waals surface area contributed by atoms with E-state index in [4.69, 9.17) is 0 Å². The Hall–Kier alpha value is -2.97. The molecule has 3 aromatic heterocycles. The maximum Gasteiger partial charge on any atom is 0.261 e. The van der Waals surface area contributed by atoms with Crippen molar-refractivity contribution < 1.29 is 9.59 Å². The van der Waals surface area contributed by atoms with Crippen LogP contribution in [0, 0.1) is 0 Å². The van der Waals surface area contributed by atoms with Gasteiger partial charge in [-0.1, -0.05) is 18.2 Å². The van der Waals surface area contributed by atoms with Crippen LogP contribution in [-0.4, -0.2) is 27.2 Å². The molecule has 0 saturated carbocycles. The molecule has 4 rings (SSSR count). The van der Waals surface area contributed by atoms with Gasteiger partial charge in [-0.05, 0) is 30.5 Å². The van der Waals surface area contributed by atoms with Crippen molar-refractivity contribution in [2.24, 2.45) is 0 Å². The zero-order chi connectivity index (χ0) is 18.8. The van der Waals surface area contributed by atoms with Gasteiger partial charge in [0.05, 0.1) is 10.6 Å². The smallest absolute Gasteiger partial charge is 0.261 e. The van der Waals surface area contributed by atoms with E-state index in [2.05, 4.69) is 15.6 Å². The maximum absolute atomic E-state index is 12.3. The van der Waals surface area contributed by atoms with E-state index in [0.29, 0.717) is 10.6 Å². The first-order valence-corrected chi connectivity index (χ1v) is 10.0. The summed E-state index contributed by atoms with van der Waals surface area (Å²) in [4.78, 5) is 30.4. The number of thiophene rings is 1. The predicted octanol–water partition coefficient (Wildman–Crippen LogP) is 3.88. The number of rotatable bonds is 5. The average molecular weight is 396 g/mol. The van der Waals surface area contributed by atoms with Crippen molar-refractivity contribution in [3.05, 3.63) is 64.4 Å². The summed E-state index contributed by atoms with van der Waals surface area (Å²) < 4.78 is 1.98. The molecule has 2 amide bonds. The van der Waals surface area contributed by atoms with Crippen LogP contribution in [0.1, 0.15) is 16.6 Å². The third kappa shape index (κ3) is 3.76. The molecule has 27 heavy (non-hydrogen) atoms. The van der Waals surface area contributed by atoms with E-state index in [1.807, 2.05) is 51.8 Å². The number of nitrogens with zero attached hydrogens (tertiary/aromatic N) is 2. The molecule has 0 aliphatic carbocycles. The van der Waals surface area contributed by atoms with Gasteiger partial charge in [-0.15, -0.1) is 22.7 Å². The quantitative estimate of drug-likeness (QED) is 0.537. The van der Waals surface area contributed by atoms with Crippen molar-refractivity contribution in [1.29, 1.82) is 0 Å². The second-order valence-electron chi connectivity index (χ2n) is 5.96. The lowest BCUT2D eigenvalue weighted by atomic mass is 10.1. The topological polar surface area (TPSA) is 75.5 Å². The number of fused-ring (bicyclic) bond motifs is 1. The molecule has 0 bridgehead atoms. The SMILES string of the molecule is CC(NC(=O)c1cccs1)C(=O)Nc1ccc(-c2cn3ccsc3n2)cc1. The molecule has 3 heterocycles. The molecular formula is C19H16N4O2S2. The minimum atomic E-state index is -0.640. The monoisotopic (exact) mass is 396 g/mol. The number of carbonyl (C=O) groups excluding carboxylic acids is 2. The fourth-order valence-corrected chi connectivity index (χ4v) is 3.91. The number of thiazole rings is 1. The fourth-order valence-electron chi connectivity index (χ4n) is 2.58. The Bertz CT molecular complexity index is 1050. The fraction of sp³-hybridized carbons (Fsp3) is 0.105. The van der Waals surface area contributed by atoms with Crippen molar-refractivity contribution in [2.45, 2.75) is 13.0 Å². The van der Waals surface area contributed by atoms with Crippen molar-refractivity contribution >= 4 is 45.1 Å². The Morgan fingerprint density at radius 1 is 1.11 bits per heavy atom. The minimum Gasteiger partial charge on any atom is -0.340 e. The summed E-state index contributed by atoms with van der Waals surface area (Å²) in [7, 11) is 0. The lowest BCUT2D eigenvalue weighted by Gasteiger charge is -2.13. The molecule has 1 unspecified atom stereocenters. The van der Waals surface area contributed by atoms with Crippen LogP contribution in [0.25, 0.3) is 16.2 Å². The first-order chi connectivity index (χ1) is 13.1. The third-order valence-electron chi connectivity index (χ3n) is 4.03. The van der Waals surface area contributed by atoms with E-state index in [1.54, 1.807) is 30.4 Å². The molecule has 2 N–H and O–H groups in total. The van der Waals surface area contributed by atoms with Gasteiger partial charge in [-0.3, -0.25) is 14.0 Å². The van der Waals surface area contributed by atoms with E-state index in [9.17, 15) is 9.59 Å². The van der Waals surface area contributed by atoms with Gasteiger partial charge in [0.25, 0.3) is 5.91 Å². The Morgan fingerprint density at radius 2 is 1.93 bits per heavy atom. The molecular weight excluding hydrogens is 380 g/mol. The Labute approximate surface area is 163 Å². The lowest BCUT2D eigenvalue weighted by molar-refractivity contribution is -0.117. The highest BCUT2D eigenvalue weighted by atomic mass is 32.1. The van der Waals surface area contributed by atoms with E-state index in [1.165, 1.54) is 11.3 Å². The molecule has 0 fully saturated rings. The number of nitrogens with one attached hydrogen (secondary N) is 2. The lowest BCUT2D eigenvalue weighted by Crippen LogP contribution is -2.41. The summed E-state index contributed by atoms with van der Waals surface area (Å²) in [5.74, 6) is -0.516. The van der Waals surface area contributed by atoms with Crippen LogP contribution >= 0.6 is 22.7 Å². The maximum atomic E-state index is 12.3. The van der Waals surface area contributed by atoms with Crippen LogP contribution < -0.4 is 10.6 Å². The largest absolute Gasteiger partial charge is 0.340 e. The second-order valence-corrected chi connectivity index (χ2v) is 7.78. The summed E-state index contributed by atoms with van der Waals surface area (Å²) in [6.45, 7) is 1.66. The van der Waals surface area contributed by atoms with E-state index >= 15 is 0 Å². The number of hydrogen-bond donors (Lipinski definition) is 2. The molecule has 8 heteroatoms. The van der Waals surface area contributed by atoms with Crippen LogP contribution in [-0.2, 0) is 4.79 Å². The van der Waals surface area contributed by atoms with Crippen LogP contribution in [0.15, 0.2) is 59.6 Å². The minimum absolute atomic E-state index is 0.247. The highest BCUT2D eigenvalue weighted by Gasteiger charge is 2.17. The van der Waals surface area contributed by atoms with Crippen LogP contribution in [0.3, 0.4) is 0 Å². The molecule has 136 valence electrons. The first-order valence-electron chi connectivity index (χ1n) is 8.28. The van der Waals surface area contributed by atoms with E-state index in [0.717, 1.165) is 16.2 Å². The highest BCUT2D eigenvalue weighted by Crippen LogP contribution is 2.23. The zero-order valence-corrected chi connectivity index (χ0v) is 16.0. The number of anilines is 1. The number of hydrogen-bond acceptors (Lipinski definition) is 5. The van der Waals surface area contributed by atoms with Gasteiger partial charge in [0, 0.05) is 29.0 Å². The number of benzene rings is 1. The van der Waals surface area contributed by atoms with Crippen LogP contribution in [0.5, 0.6) is 0 Å². The number of imidazole rings is 1. The van der Waals surface area contributed by atoms with Crippen LogP contribution in [0.4, 0.5) is 5.69 Å². The molecule has 4 aromatic rings. The van der Waals surface area contributed by atoms with E-state index in [-0.39, 0.29) is 11.8 Å². The summed E-state index contributed by atoms with van der Waals surface area (Å²) >= 11 is 2.92. The molecule has 6 nitrogen and oxygen atoms in total. The van der Waals surface area contributed by atoms with Gasteiger partial charge < -0.3 is 10.6 Å². The normalized spacial score (nSPS) is 12.0. The summed E-state index contributed by atoms with van der Waals surface area (Å²) in [5.41, 5.74) is 2.53. The zero-order valence-electron chi connectivity index (χ0n) is 14.4. The average Bonchev–Trinajstić information content (AvgIpc) is 3.39. The molecule has 0 aliphatic rings. The van der Waals surface area contributed by atoms with Crippen molar-refractivity contribution in [3.8, 4) is 11.3 Å². The van der Waals surface area contributed by atoms with Crippen LogP contribution in [0.2, 0.25) is 0 Å². The molecule has 0 aliphatic heterocycles. The summed E-state index contributed by atoms with van der Waals surface area (Å²) in [6.07, 6.45) is 3.94. The van der Waals surface area contributed by atoms with Gasteiger partial charge in [-0.25, -0.2) is 4.98 Å². The van der Waals surface area contributed by atoms with Gasteiger partial charge in [0.15, 0.2) is 4.96 Å². The Kier molecular flexibility index (Phi) is 4.74. The molecule has 1 atom stereocenters. The van der Waals surface area contributed by atoms with Gasteiger partial charge in [0.2, 0.25) is 5.91 Å². The Morgan fingerprint density at radius 3 is 2.63 bits per heavy atom. The van der Waals surface area contributed by atoms with Crippen molar-refractivity contribution in [2.75, 3.05) is 5.32 Å². The molecule has 0 radical (unpaired) electrons. The number of amides is 2. The van der Waals surface area contributed by atoms with E-state index < -0.39 is 6.04 Å². The standard InChI is InChI=1S/C19H16N4O2S2/c1-12(20-18(25)16-3-2-9-26-16)17(24)21-14-6-4-13(5-7-14)15-11-23-8-10-27-19(23)22-15/h2-12H,1H3,(H,20,25)(H,21,24). The highest BCUT2D eigenvalue weighted by molar-refractivity contribution is 7.15. The third-order valence-corrected chi connectivity index (χ3v) is 5.67. The molecule has 0 spiro atoms. The first kappa shape index (κ1) is 17.4. The van der Waals surface area contributed by atoms with Crippen molar-refractivity contribution in [3.63, 3.8) is 0 Å². The molecule has 0 saturated heterocycles. The summed E-state index contributed by atoms with van der Waals surface area (Å²) in [6, 6.07) is 10.4.